The van der Waals surface area contributed by atoms with Crippen molar-refractivity contribution < 1.29 is 0 Å². The van der Waals surface area contributed by atoms with E-state index < -0.39 is 0 Å². The number of para-hydroxylation sites is 1. The maximum atomic E-state index is 4.63. The second-order valence-electron chi connectivity index (χ2n) is 6.15. The van der Waals surface area contributed by atoms with Crippen molar-refractivity contribution in [2.75, 3.05) is 0 Å². The largest absolute Gasteiger partial charge is 0.340 e. The Morgan fingerprint density at radius 2 is 2.13 bits per heavy atom. The molecule has 0 fully saturated rings. The van der Waals surface area contributed by atoms with E-state index in [1.165, 1.54) is 17.7 Å². The molecule has 0 spiro atoms. The zero-order valence-electron chi connectivity index (χ0n) is 13.3. The number of rotatable bonds is 4. The second-order valence-corrected chi connectivity index (χ2v) is 6.15. The molecule has 5 heteroatoms. The molecule has 2 aromatic heterocycles. The first-order valence-corrected chi connectivity index (χ1v) is 8.14. The van der Waals surface area contributed by atoms with Gasteiger partial charge in [-0.05, 0) is 31.4 Å². The molecule has 1 aliphatic carbocycles. The van der Waals surface area contributed by atoms with Crippen LogP contribution in [0, 0.1) is 0 Å². The van der Waals surface area contributed by atoms with E-state index >= 15 is 0 Å². The number of hydrogen-bond donors (Lipinski definition) is 1. The van der Waals surface area contributed by atoms with Crippen LogP contribution in [0.2, 0.25) is 0 Å². The lowest BCUT2D eigenvalue weighted by molar-refractivity contribution is 0.452. The molecule has 1 unspecified atom stereocenters. The van der Waals surface area contributed by atoms with Crippen molar-refractivity contribution in [3.05, 3.63) is 66.0 Å². The Morgan fingerprint density at radius 3 is 2.91 bits per heavy atom. The van der Waals surface area contributed by atoms with Crippen LogP contribution in [-0.4, -0.2) is 19.3 Å². The van der Waals surface area contributed by atoms with Crippen LogP contribution >= 0.6 is 0 Å². The Morgan fingerprint density at radius 1 is 1.26 bits per heavy atom. The molecule has 5 nitrogen and oxygen atoms in total. The van der Waals surface area contributed by atoms with Gasteiger partial charge in [-0.25, -0.2) is 9.67 Å². The van der Waals surface area contributed by atoms with Crippen LogP contribution < -0.4 is 5.32 Å². The summed E-state index contributed by atoms with van der Waals surface area (Å²) < 4.78 is 4.07. The van der Waals surface area contributed by atoms with E-state index in [-0.39, 0.29) is 0 Å². The van der Waals surface area contributed by atoms with Crippen LogP contribution in [0.4, 0.5) is 0 Å². The molecule has 3 aromatic rings. The zero-order chi connectivity index (χ0) is 15.6. The zero-order valence-corrected chi connectivity index (χ0v) is 13.3. The van der Waals surface area contributed by atoms with E-state index in [0.29, 0.717) is 6.04 Å². The van der Waals surface area contributed by atoms with Crippen molar-refractivity contribution >= 4 is 0 Å². The van der Waals surface area contributed by atoms with Crippen molar-refractivity contribution in [2.45, 2.75) is 31.8 Å². The molecule has 1 aliphatic rings. The van der Waals surface area contributed by atoms with E-state index in [0.717, 1.165) is 30.8 Å². The Bertz CT molecular complexity index is 787. The van der Waals surface area contributed by atoms with E-state index in [1.807, 2.05) is 30.2 Å². The minimum absolute atomic E-state index is 0.359. The quantitative estimate of drug-likeness (QED) is 0.806. The molecule has 0 saturated heterocycles. The number of aryl methyl sites for hydroxylation is 1. The highest BCUT2D eigenvalue weighted by atomic mass is 15.3. The third-order valence-electron chi connectivity index (χ3n) is 4.47. The number of imidazole rings is 1. The maximum absolute atomic E-state index is 4.63. The average Bonchev–Trinajstić information content (AvgIpc) is 3.20. The van der Waals surface area contributed by atoms with Crippen LogP contribution in [0.15, 0.2) is 49.1 Å². The molecular formula is C18H21N5. The molecule has 118 valence electrons. The smallest absolute Gasteiger partial charge is 0.0947 e. The summed E-state index contributed by atoms with van der Waals surface area (Å²) in [6.07, 6.45) is 9.36. The van der Waals surface area contributed by atoms with Crippen molar-refractivity contribution in [3.63, 3.8) is 0 Å². The molecule has 23 heavy (non-hydrogen) atoms. The lowest BCUT2D eigenvalue weighted by Crippen LogP contribution is -2.25. The first kappa shape index (κ1) is 14.2. The van der Waals surface area contributed by atoms with Gasteiger partial charge in [0.15, 0.2) is 0 Å². The number of aromatic nitrogens is 4. The summed E-state index contributed by atoms with van der Waals surface area (Å²) in [5.41, 5.74) is 4.88. The van der Waals surface area contributed by atoms with Gasteiger partial charge in [-0.15, -0.1) is 0 Å². The van der Waals surface area contributed by atoms with E-state index in [4.69, 9.17) is 0 Å². The lowest BCUT2D eigenvalue weighted by atomic mass is 9.93. The molecule has 0 bridgehead atoms. The Kier molecular flexibility index (Phi) is 3.71. The molecule has 2 heterocycles. The molecule has 0 saturated carbocycles. The third kappa shape index (κ3) is 2.80. The fraction of sp³-hybridized carbons (Fsp3) is 0.333. The normalized spacial score (nSPS) is 17.2. The van der Waals surface area contributed by atoms with E-state index in [2.05, 4.69) is 50.5 Å². The summed E-state index contributed by atoms with van der Waals surface area (Å²) in [4.78, 5) is 4.39. The predicted octanol–water partition coefficient (Wildman–Crippen LogP) is 2.77. The van der Waals surface area contributed by atoms with Crippen molar-refractivity contribution in [1.29, 1.82) is 0 Å². The predicted molar refractivity (Wildman–Crippen MR) is 89.3 cm³/mol. The highest BCUT2D eigenvalue weighted by Crippen LogP contribution is 2.31. The van der Waals surface area contributed by atoms with Crippen LogP contribution in [0.1, 0.15) is 35.8 Å². The molecule has 1 aromatic carbocycles. The number of fused-ring (bicyclic) bond motifs is 1. The van der Waals surface area contributed by atoms with Gasteiger partial charge in [-0.2, -0.15) is 5.10 Å². The van der Waals surface area contributed by atoms with Crippen LogP contribution in [-0.2, 0) is 20.0 Å². The summed E-state index contributed by atoms with van der Waals surface area (Å²) >= 11 is 0. The summed E-state index contributed by atoms with van der Waals surface area (Å²) in [5.74, 6) is 0. The minimum Gasteiger partial charge on any atom is -0.340 e. The van der Waals surface area contributed by atoms with Gasteiger partial charge in [-0.1, -0.05) is 18.2 Å². The standard InChI is InChI=1S/C18H21N5/c1-22-12-14(20-13-22)10-19-17-8-5-9-18-16(17)11-21-23(18)15-6-3-2-4-7-15/h2-4,6-7,11-13,17,19H,5,8-10H2,1H3. The fourth-order valence-electron chi connectivity index (χ4n) is 3.35. The summed E-state index contributed by atoms with van der Waals surface area (Å²) in [7, 11) is 2.00. The van der Waals surface area contributed by atoms with Gasteiger partial charge in [0, 0.05) is 37.1 Å². The lowest BCUT2D eigenvalue weighted by Gasteiger charge is -2.24. The Balaban J connectivity index is 1.56. The summed E-state index contributed by atoms with van der Waals surface area (Å²) in [6.45, 7) is 0.793. The second kappa shape index (κ2) is 6.01. The van der Waals surface area contributed by atoms with Crippen molar-refractivity contribution in [1.82, 2.24) is 24.6 Å². The Hall–Kier alpha value is -2.40. The molecule has 4 rings (SSSR count). The molecule has 0 amide bonds. The third-order valence-corrected chi connectivity index (χ3v) is 4.47. The Labute approximate surface area is 136 Å². The van der Waals surface area contributed by atoms with E-state index in [1.54, 1.807) is 0 Å². The molecular weight excluding hydrogens is 286 g/mol. The monoisotopic (exact) mass is 307 g/mol. The van der Waals surface area contributed by atoms with Crippen LogP contribution in [0.25, 0.3) is 5.69 Å². The fourth-order valence-corrected chi connectivity index (χ4v) is 3.35. The minimum atomic E-state index is 0.359. The number of benzene rings is 1. The van der Waals surface area contributed by atoms with Gasteiger partial charge in [0.1, 0.15) is 0 Å². The van der Waals surface area contributed by atoms with Gasteiger partial charge in [0.25, 0.3) is 0 Å². The molecule has 1 atom stereocenters. The highest BCUT2D eigenvalue weighted by molar-refractivity contribution is 5.37. The van der Waals surface area contributed by atoms with Gasteiger partial charge < -0.3 is 9.88 Å². The van der Waals surface area contributed by atoms with Crippen molar-refractivity contribution in [2.24, 2.45) is 7.05 Å². The molecule has 0 radical (unpaired) electrons. The SMILES string of the molecule is Cn1cnc(CNC2CCCc3c2cnn3-c2ccccc2)c1. The molecule has 0 aliphatic heterocycles. The summed E-state index contributed by atoms with van der Waals surface area (Å²) in [5, 5.41) is 8.28. The number of hydrogen-bond acceptors (Lipinski definition) is 3. The average molecular weight is 307 g/mol. The van der Waals surface area contributed by atoms with E-state index in [9.17, 15) is 0 Å². The first-order chi connectivity index (χ1) is 11.3. The van der Waals surface area contributed by atoms with Crippen molar-refractivity contribution in [3.8, 4) is 5.69 Å². The molecule has 1 N–H and O–H groups in total. The van der Waals surface area contributed by atoms with Gasteiger partial charge in [-0.3, -0.25) is 0 Å². The summed E-state index contributed by atoms with van der Waals surface area (Å²) in [6, 6.07) is 10.7. The van der Waals surface area contributed by atoms with Gasteiger partial charge in [0.2, 0.25) is 0 Å². The number of nitrogens with zero attached hydrogens (tertiary/aromatic N) is 4. The highest BCUT2D eigenvalue weighted by Gasteiger charge is 2.24. The van der Waals surface area contributed by atoms with Gasteiger partial charge in [0.05, 0.1) is 23.9 Å². The van der Waals surface area contributed by atoms with Gasteiger partial charge >= 0.3 is 0 Å². The van der Waals surface area contributed by atoms with Crippen LogP contribution in [0.3, 0.4) is 0 Å². The first-order valence-electron chi connectivity index (χ1n) is 8.14. The topological polar surface area (TPSA) is 47.7 Å². The van der Waals surface area contributed by atoms with Crippen LogP contribution in [0.5, 0.6) is 0 Å². The maximum Gasteiger partial charge on any atom is 0.0947 e. The number of nitrogens with one attached hydrogen (secondary N) is 1.